The van der Waals surface area contributed by atoms with E-state index in [2.05, 4.69) is 10.6 Å². The van der Waals surface area contributed by atoms with E-state index in [0.717, 1.165) is 24.2 Å². The van der Waals surface area contributed by atoms with E-state index in [9.17, 15) is 19.5 Å². The molecule has 0 radical (unpaired) electrons. The Labute approximate surface area is 164 Å². The summed E-state index contributed by atoms with van der Waals surface area (Å²) in [5.74, 6) is 0.471. The first kappa shape index (κ1) is 20.4. The third-order valence-electron chi connectivity index (χ3n) is 6.05. The number of rotatable bonds is 5. The van der Waals surface area contributed by atoms with Crippen molar-refractivity contribution in [2.24, 2.45) is 5.92 Å². The van der Waals surface area contributed by atoms with Crippen LogP contribution in [0, 0.1) is 19.8 Å². The van der Waals surface area contributed by atoms with Gasteiger partial charge in [-0.25, -0.2) is 4.79 Å². The highest BCUT2D eigenvalue weighted by atomic mass is 16.3. The molecule has 1 saturated heterocycles. The standard InChI is InChI=1S/C20H29N3O5/c1-12-7-5-6-8-20(12)17(25)23(18(26)22-20)10-16(24)21-11-19(4,27)15-9-13(2)28-14(15)3/h9,12,27H,5-8,10-11H2,1-4H3,(H,21,24)(H,22,26)/t12-,19+,20-/m0/s1. The molecule has 8 nitrogen and oxygen atoms in total. The van der Waals surface area contributed by atoms with Gasteiger partial charge in [-0.05, 0) is 45.6 Å². The van der Waals surface area contributed by atoms with Gasteiger partial charge in [-0.1, -0.05) is 19.8 Å². The first-order chi connectivity index (χ1) is 13.1. The van der Waals surface area contributed by atoms with Crippen LogP contribution in [0.4, 0.5) is 4.79 Å². The summed E-state index contributed by atoms with van der Waals surface area (Å²) in [6.07, 6.45) is 3.39. The van der Waals surface area contributed by atoms with Crippen LogP contribution in [0.2, 0.25) is 0 Å². The fourth-order valence-electron chi connectivity index (χ4n) is 4.37. The van der Waals surface area contributed by atoms with Crippen LogP contribution in [0.1, 0.15) is 56.6 Å². The van der Waals surface area contributed by atoms with E-state index in [1.54, 1.807) is 26.8 Å². The third-order valence-corrected chi connectivity index (χ3v) is 6.05. The molecule has 8 heteroatoms. The van der Waals surface area contributed by atoms with E-state index in [1.165, 1.54) is 0 Å². The van der Waals surface area contributed by atoms with Crippen molar-refractivity contribution in [1.29, 1.82) is 0 Å². The lowest BCUT2D eigenvalue weighted by Crippen LogP contribution is -2.54. The van der Waals surface area contributed by atoms with Gasteiger partial charge in [-0.3, -0.25) is 14.5 Å². The molecule has 1 aromatic rings. The molecule has 2 aliphatic rings. The number of hydrogen-bond acceptors (Lipinski definition) is 5. The summed E-state index contributed by atoms with van der Waals surface area (Å²) in [6.45, 7) is 6.65. The number of hydrogen-bond donors (Lipinski definition) is 3. The summed E-state index contributed by atoms with van der Waals surface area (Å²) in [7, 11) is 0. The topological polar surface area (TPSA) is 112 Å². The largest absolute Gasteiger partial charge is 0.466 e. The summed E-state index contributed by atoms with van der Waals surface area (Å²) in [5, 5.41) is 16.1. The van der Waals surface area contributed by atoms with E-state index in [-0.39, 0.29) is 24.9 Å². The molecule has 0 bridgehead atoms. The van der Waals surface area contributed by atoms with Crippen LogP contribution in [0.15, 0.2) is 10.5 Å². The number of amides is 4. The highest BCUT2D eigenvalue weighted by Crippen LogP contribution is 2.38. The summed E-state index contributed by atoms with van der Waals surface area (Å²) in [5.41, 5.74) is -1.62. The van der Waals surface area contributed by atoms with Crippen LogP contribution in [0.25, 0.3) is 0 Å². The predicted octanol–water partition coefficient (Wildman–Crippen LogP) is 1.72. The SMILES string of the molecule is Cc1cc([C@](C)(O)CNC(=O)CN2C(=O)N[C@]3(CCCC[C@@H]3C)C2=O)c(C)o1. The average molecular weight is 391 g/mol. The Balaban J connectivity index is 1.62. The first-order valence-electron chi connectivity index (χ1n) is 9.77. The number of nitrogens with zero attached hydrogens (tertiary/aromatic N) is 1. The zero-order valence-electron chi connectivity index (χ0n) is 16.9. The number of carbonyl (C=O) groups is 3. The Kier molecular flexibility index (Phi) is 5.27. The van der Waals surface area contributed by atoms with Crippen molar-refractivity contribution in [3.05, 3.63) is 23.2 Å². The molecule has 154 valence electrons. The van der Waals surface area contributed by atoms with E-state index >= 15 is 0 Å². The van der Waals surface area contributed by atoms with Crippen LogP contribution < -0.4 is 10.6 Å². The number of aliphatic hydroxyl groups is 1. The molecule has 3 N–H and O–H groups in total. The number of aryl methyl sites for hydroxylation is 2. The van der Waals surface area contributed by atoms with Crippen molar-refractivity contribution in [3.8, 4) is 0 Å². The van der Waals surface area contributed by atoms with E-state index in [0.29, 0.717) is 23.5 Å². The second-order valence-electron chi connectivity index (χ2n) is 8.32. The highest BCUT2D eigenvalue weighted by Gasteiger charge is 2.55. The molecule has 1 aromatic heterocycles. The molecule has 0 aromatic carbocycles. The maximum absolute atomic E-state index is 12.9. The lowest BCUT2D eigenvalue weighted by molar-refractivity contribution is -0.137. The van der Waals surface area contributed by atoms with E-state index in [1.807, 2.05) is 6.92 Å². The summed E-state index contributed by atoms with van der Waals surface area (Å²) >= 11 is 0. The molecule has 3 atom stereocenters. The fraction of sp³-hybridized carbons (Fsp3) is 0.650. The van der Waals surface area contributed by atoms with Gasteiger partial charge in [0.05, 0.1) is 6.54 Å². The van der Waals surface area contributed by atoms with Crippen molar-refractivity contribution in [3.63, 3.8) is 0 Å². The van der Waals surface area contributed by atoms with Crippen LogP contribution in [-0.2, 0) is 15.2 Å². The van der Waals surface area contributed by atoms with Crippen LogP contribution in [0.3, 0.4) is 0 Å². The molecular formula is C20H29N3O5. The van der Waals surface area contributed by atoms with E-state index < -0.39 is 23.1 Å². The lowest BCUT2D eigenvalue weighted by Gasteiger charge is -2.36. The zero-order valence-corrected chi connectivity index (χ0v) is 16.9. The quantitative estimate of drug-likeness (QED) is 0.662. The molecule has 4 amide bonds. The van der Waals surface area contributed by atoms with Gasteiger partial charge >= 0.3 is 6.03 Å². The molecule has 28 heavy (non-hydrogen) atoms. The summed E-state index contributed by atoms with van der Waals surface area (Å²) < 4.78 is 5.44. The van der Waals surface area contributed by atoms with Gasteiger partial charge < -0.3 is 20.2 Å². The zero-order chi connectivity index (χ0) is 20.7. The molecular weight excluding hydrogens is 362 g/mol. The van der Waals surface area contributed by atoms with Gasteiger partial charge in [0.1, 0.15) is 29.2 Å². The number of urea groups is 1. The molecule has 1 saturated carbocycles. The minimum atomic E-state index is -1.33. The molecule has 0 unspecified atom stereocenters. The molecule has 1 spiro atoms. The fourth-order valence-corrected chi connectivity index (χ4v) is 4.37. The third kappa shape index (κ3) is 3.53. The molecule has 2 fully saturated rings. The molecule has 1 aliphatic carbocycles. The van der Waals surface area contributed by atoms with Crippen LogP contribution in [0.5, 0.6) is 0 Å². The minimum absolute atomic E-state index is 0.0406. The van der Waals surface area contributed by atoms with Crippen molar-refractivity contribution >= 4 is 17.8 Å². The van der Waals surface area contributed by atoms with Crippen molar-refractivity contribution in [2.45, 2.75) is 64.5 Å². The number of furan rings is 1. The van der Waals surface area contributed by atoms with Crippen LogP contribution in [-0.4, -0.2) is 46.5 Å². The Morgan fingerprint density at radius 1 is 1.43 bits per heavy atom. The predicted molar refractivity (Wildman–Crippen MR) is 101 cm³/mol. The smallest absolute Gasteiger partial charge is 0.325 e. The van der Waals surface area contributed by atoms with Crippen molar-refractivity contribution < 1.29 is 23.9 Å². The Bertz CT molecular complexity index is 800. The molecule has 2 heterocycles. The minimum Gasteiger partial charge on any atom is -0.466 e. The maximum atomic E-state index is 12.9. The normalized spacial score (nSPS) is 27.0. The Morgan fingerprint density at radius 2 is 2.14 bits per heavy atom. The van der Waals surface area contributed by atoms with Gasteiger partial charge in [0.2, 0.25) is 5.91 Å². The summed E-state index contributed by atoms with van der Waals surface area (Å²) in [6, 6.07) is 1.20. The molecule has 1 aliphatic heterocycles. The number of imide groups is 1. The number of carbonyl (C=O) groups excluding carboxylic acids is 3. The van der Waals surface area contributed by atoms with E-state index in [4.69, 9.17) is 4.42 Å². The van der Waals surface area contributed by atoms with Gasteiger partial charge in [-0.2, -0.15) is 0 Å². The van der Waals surface area contributed by atoms with Gasteiger partial charge in [-0.15, -0.1) is 0 Å². The monoisotopic (exact) mass is 391 g/mol. The highest BCUT2D eigenvalue weighted by molar-refractivity contribution is 6.09. The molecule has 3 rings (SSSR count). The Morgan fingerprint density at radius 3 is 2.75 bits per heavy atom. The first-order valence-corrected chi connectivity index (χ1v) is 9.77. The van der Waals surface area contributed by atoms with Crippen molar-refractivity contribution in [1.82, 2.24) is 15.5 Å². The van der Waals surface area contributed by atoms with Crippen molar-refractivity contribution in [2.75, 3.05) is 13.1 Å². The van der Waals surface area contributed by atoms with Crippen LogP contribution >= 0.6 is 0 Å². The Hall–Kier alpha value is -2.35. The lowest BCUT2D eigenvalue weighted by atomic mass is 9.73. The van der Waals surface area contributed by atoms with Gasteiger partial charge in [0.25, 0.3) is 5.91 Å². The van der Waals surface area contributed by atoms with Gasteiger partial charge in [0.15, 0.2) is 0 Å². The number of nitrogens with one attached hydrogen (secondary N) is 2. The second kappa shape index (κ2) is 7.24. The summed E-state index contributed by atoms with van der Waals surface area (Å²) in [4.78, 5) is 38.6. The maximum Gasteiger partial charge on any atom is 0.325 e. The van der Waals surface area contributed by atoms with Gasteiger partial charge in [0, 0.05) is 5.56 Å². The second-order valence-corrected chi connectivity index (χ2v) is 8.32. The average Bonchev–Trinajstić information content (AvgIpc) is 3.08.